The normalized spacial score (nSPS) is 10.7. The number of alkyl halides is 2. The lowest BCUT2D eigenvalue weighted by Gasteiger charge is -2.09. The molecule has 0 fully saturated rings. The van der Waals surface area contributed by atoms with Crippen LogP contribution in [0.4, 0.5) is 8.78 Å². The Morgan fingerprint density at radius 1 is 1.47 bits per heavy atom. The molecule has 1 aromatic rings. The third kappa shape index (κ3) is 5.19. The zero-order valence-corrected chi connectivity index (χ0v) is 9.88. The SMILES string of the molecule is COc1ccc(C=NOCC(=O)O)cc1OC(F)F. The van der Waals surface area contributed by atoms with Gasteiger partial charge in [-0.2, -0.15) is 8.78 Å². The molecule has 19 heavy (non-hydrogen) atoms. The number of carboxylic acids is 1. The summed E-state index contributed by atoms with van der Waals surface area (Å²) in [5, 5.41) is 11.7. The Labute approximate surface area is 107 Å². The van der Waals surface area contributed by atoms with Crippen molar-refractivity contribution >= 4 is 12.2 Å². The molecule has 1 aromatic carbocycles. The second-order valence-electron chi connectivity index (χ2n) is 3.19. The van der Waals surface area contributed by atoms with Crippen molar-refractivity contribution in [3.05, 3.63) is 23.8 Å². The van der Waals surface area contributed by atoms with E-state index in [9.17, 15) is 13.6 Å². The Hall–Kier alpha value is -2.38. The van der Waals surface area contributed by atoms with Crippen molar-refractivity contribution in [1.82, 2.24) is 0 Å². The highest BCUT2D eigenvalue weighted by atomic mass is 19.3. The number of hydrogen-bond acceptors (Lipinski definition) is 5. The molecule has 0 spiro atoms. The minimum Gasteiger partial charge on any atom is -0.493 e. The largest absolute Gasteiger partial charge is 0.493 e. The number of oxime groups is 1. The Morgan fingerprint density at radius 2 is 2.21 bits per heavy atom. The van der Waals surface area contributed by atoms with Gasteiger partial charge in [-0.15, -0.1) is 0 Å². The molecule has 0 aliphatic rings. The second-order valence-corrected chi connectivity index (χ2v) is 3.19. The van der Waals surface area contributed by atoms with Gasteiger partial charge in [-0.25, -0.2) is 4.79 Å². The van der Waals surface area contributed by atoms with Crippen molar-refractivity contribution in [3.8, 4) is 11.5 Å². The summed E-state index contributed by atoms with van der Waals surface area (Å²) in [5.74, 6) is -1.18. The molecule has 0 saturated carbocycles. The minimum atomic E-state index is -2.98. The monoisotopic (exact) mass is 275 g/mol. The number of carboxylic acid groups (broad SMARTS) is 1. The summed E-state index contributed by atoms with van der Waals surface area (Å²) in [6.07, 6.45) is 1.17. The van der Waals surface area contributed by atoms with Crippen LogP contribution in [0.15, 0.2) is 23.4 Å². The number of aliphatic carboxylic acids is 1. The van der Waals surface area contributed by atoms with Gasteiger partial charge in [-0.3, -0.25) is 0 Å². The van der Waals surface area contributed by atoms with Gasteiger partial charge >= 0.3 is 12.6 Å². The third-order valence-electron chi connectivity index (χ3n) is 1.87. The first-order valence-electron chi connectivity index (χ1n) is 5.03. The van der Waals surface area contributed by atoms with Crippen molar-refractivity contribution < 1.29 is 33.0 Å². The summed E-state index contributed by atoms with van der Waals surface area (Å²) in [5.41, 5.74) is 0.391. The molecular formula is C11H11F2NO5. The van der Waals surface area contributed by atoms with E-state index in [0.29, 0.717) is 5.56 Å². The summed E-state index contributed by atoms with van der Waals surface area (Å²) < 4.78 is 33.4. The molecular weight excluding hydrogens is 264 g/mol. The fourth-order valence-corrected chi connectivity index (χ4v) is 1.15. The molecule has 1 N–H and O–H groups in total. The molecule has 8 heteroatoms. The molecule has 0 aliphatic heterocycles. The highest BCUT2D eigenvalue weighted by molar-refractivity contribution is 5.80. The van der Waals surface area contributed by atoms with Crippen LogP contribution >= 0.6 is 0 Å². The van der Waals surface area contributed by atoms with Gasteiger partial charge in [0.15, 0.2) is 11.5 Å². The number of methoxy groups -OCH3 is 1. The van der Waals surface area contributed by atoms with E-state index in [4.69, 9.17) is 9.84 Å². The van der Waals surface area contributed by atoms with E-state index in [2.05, 4.69) is 14.7 Å². The standard InChI is InChI=1S/C11H11F2NO5/c1-17-8-3-2-7(4-9(8)19-11(12)13)5-14-18-6-10(15)16/h2-5,11H,6H2,1H3,(H,15,16). The zero-order chi connectivity index (χ0) is 14.3. The van der Waals surface area contributed by atoms with E-state index in [1.54, 1.807) is 0 Å². The van der Waals surface area contributed by atoms with E-state index in [0.717, 1.165) is 0 Å². The van der Waals surface area contributed by atoms with Crippen LogP contribution in [0.25, 0.3) is 0 Å². The Balaban J connectivity index is 2.76. The van der Waals surface area contributed by atoms with E-state index in [1.807, 2.05) is 0 Å². The maximum Gasteiger partial charge on any atom is 0.387 e. The topological polar surface area (TPSA) is 77.4 Å². The zero-order valence-electron chi connectivity index (χ0n) is 9.88. The van der Waals surface area contributed by atoms with Crippen LogP contribution in [0.5, 0.6) is 11.5 Å². The minimum absolute atomic E-state index is 0.143. The molecule has 0 aromatic heterocycles. The lowest BCUT2D eigenvalue weighted by atomic mass is 10.2. The molecule has 0 unspecified atom stereocenters. The van der Waals surface area contributed by atoms with Gasteiger partial charge in [-0.05, 0) is 18.2 Å². The van der Waals surface area contributed by atoms with Crippen LogP contribution < -0.4 is 9.47 Å². The van der Waals surface area contributed by atoms with Crippen LogP contribution in [0.3, 0.4) is 0 Å². The molecule has 0 aliphatic carbocycles. The van der Waals surface area contributed by atoms with Gasteiger partial charge < -0.3 is 19.4 Å². The maximum atomic E-state index is 12.2. The van der Waals surface area contributed by atoms with Crippen LogP contribution in [-0.2, 0) is 9.63 Å². The fourth-order valence-electron chi connectivity index (χ4n) is 1.15. The highest BCUT2D eigenvalue weighted by Crippen LogP contribution is 2.28. The van der Waals surface area contributed by atoms with Crippen LogP contribution in [0.1, 0.15) is 5.56 Å². The summed E-state index contributed by atoms with van der Waals surface area (Å²) in [7, 11) is 1.32. The number of nitrogens with zero attached hydrogens (tertiary/aromatic N) is 1. The van der Waals surface area contributed by atoms with Crippen molar-refractivity contribution in [1.29, 1.82) is 0 Å². The number of hydrogen-bond donors (Lipinski definition) is 1. The predicted octanol–water partition coefficient (Wildman–Crippen LogP) is 1.73. The Morgan fingerprint density at radius 3 is 2.79 bits per heavy atom. The van der Waals surface area contributed by atoms with Crippen molar-refractivity contribution in [2.24, 2.45) is 5.16 Å². The number of rotatable bonds is 7. The number of benzene rings is 1. The molecule has 0 saturated heterocycles. The first-order valence-corrected chi connectivity index (χ1v) is 5.03. The number of carbonyl (C=O) groups is 1. The van der Waals surface area contributed by atoms with Gasteiger partial charge in [0.2, 0.25) is 6.61 Å². The average Bonchev–Trinajstić information content (AvgIpc) is 2.34. The highest BCUT2D eigenvalue weighted by Gasteiger charge is 2.10. The smallest absolute Gasteiger partial charge is 0.387 e. The molecule has 104 valence electrons. The summed E-state index contributed by atoms with van der Waals surface area (Å²) in [6, 6.07) is 4.19. The number of halogens is 2. The lowest BCUT2D eigenvalue weighted by Crippen LogP contribution is -2.04. The molecule has 0 radical (unpaired) electrons. The van der Waals surface area contributed by atoms with E-state index < -0.39 is 19.2 Å². The van der Waals surface area contributed by atoms with Gasteiger partial charge in [-0.1, -0.05) is 5.16 Å². The Kier molecular flexibility index (Phi) is 5.52. The second kappa shape index (κ2) is 7.14. The summed E-state index contributed by atoms with van der Waals surface area (Å²) in [6.45, 7) is -3.57. The van der Waals surface area contributed by atoms with Gasteiger partial charge in [0.1, 0.15) is 0 Å². The first-order chi connectivity index (χ1) is 9.02. The summed E-state index contributed by atoms with van der Waals surface area (Å²) >= 11 is 0. The molecule has 0 bridgehead atoms. The molecule has 6 nitrogen and oxygen atoms in total. The Bertz CT molecular complexity index is 464. The quantitative estimate of drug-likeness (QED) is 0.605. The van der Waals surface area contributed by atoms with Gasteiger partial charge in [0.25, 0.3) is 0 Å². The molecule has 0 atom stereocenters. The fraction of sp³-hybridized carbons (Fsp3) is 0.273. The van der Waals surface area contributed by atoms with E-state index >= 15 is 0 Å². The first kappa shape index (κ1) is 14.7. The van der Waals surface area contributed by atoms with Crippen LogP contribution in [-0.4, -0.2) is 37.6 Å². The molecule has 0 heterocycles. The lowest BCUT2D eigenvalue weighted by molar-refractivity contribution is -0.142. The van der Waals surface area contributed by atoms with Crippen molar-refractivity contribution in [3.63, 3.8) is 0 Å². The van der Waals surface area contributed by atoms with Crippen LogP contribution in [0, 0.1) is 0 Å². The summed E-state index contributed by atoms with van der Waals surface area (Å²) in [4.78, 5) is 14.6. The predicted molar refractivity (Wildman–Crippen MR) is 60.8 cm³/mol. The van der Waals surface area contributed by atoms with Gasteiger partial charge in [0.05, 0.1) is 13.3 Å². The molecule has 1 rings (SSSR count). The third-order valence-corrected chi connectivity index (χ3v) is 1.87. The van der Waals surface area contributed by atoms with Crippen LogP contribution in [0.2, 0.25) is 0 Å². The number of ether oxygens (including phenoxy) is 2. The van der Waals surface area contributed by atoms with Crippen molar-refractivity contribution in [2.75, 3.05) is 13.7 Å². The van der Waals surface area contributed by atoms with E-state index in [-0.39, 0.29) is 11.5 Å². The van der Waals surface area contributed by atoms with E-state index in [1.165, 1.54) is 31.5 Å². The maximum absolute atomic E-state index is 12.2. The van der Waals surface area contributed by atoms with Crippen molar-refractivity contribution in [2.45, 2.75) is 6.61 Å². The molecule has 0 amide bonds. The average molecular weight is 275 g/mol. The van der Waals surface area contributed by atoms with Gasteiger partial charge in [0, 0.05) is 5.56 Å².